The zero-order valence-corrected chi connectivity index (χ0v) is 6.33. The monoisotopic (exact) mass is 102 g/mol. The molecule has 1 nitrogen and oxygen atoms in total. The molecule has 1 aromatic rings. The Morgan fingerprint density at radius 2 is 1.43 bits per heavy atom. The summed E-state index contributed by atoms with van der Waals surface area (Å²) >= 11 is 0. The Labute approximate surface area is 65.1 Å². The maximum absolute atomic E-state index is 3.78. The summed E-state index contributed by atoms with van der Waals surface area (Å²) in [4.78, 5) is 3.78. The van der Waals surface area contributed by atoms with Crippen LogP contribution in [0.3, 0.4) is 0 Å². The second kappa shape index (κ2) is 4.31. The minimum absolute atomic E-state index is 0. The molecular formula is C5H5NNa. The Kier molecular flexibility index (Phi) is 4.41. The topological polar surface area (TPSA) is 12.9 Å². The van der Waals surface area contributed by atoms with E-state index in [2.05, 4.69) is 4.98 Å². The van der Waals surface area contributed by atoms with Crippen LogP contribution in [0.5, 0.6) is 0 Å². The normalized spacial score (nSPS) is 6.86. The summed E-state index contributed by atoms with van der Waals surface area (Å²) in [7, 11) is 0. The largest absolute Gasteiger partial charge is 0.265 e. The Morgan fingerprint density at radius 1 is 0.857 bits per heavy atom. The van der Waals surface area contributed by atoms with E-state index >= 15 is 0 Å². The molecule has 0 aromatic carbocycles. The van der Waals surface area contributed by atoms with Gasteiger partial charge in [0.05, 0.1) is 0 Å². The van der Waals surface area contributed by atoms with Gasteiger partial charge >= 0.3 is 0 Å². The molecule has 0 saturated heterocycles. The molecule has 0 atom stereocenters. The third-order valence-electron chi connectivity index (χ3n) is 0.566. The van der Waals surface area contributed by atoms with Crippen LogP contribution >= 0.6 is 0 Å². The molecule has 1 rings (SSSR count). The van der Waals surface area contributed by atoms with Crippen LogP contribution in [0.25, 0.3) is 0 Å². The zero-order chi connectivity index (χ0) is 4.24. The molecule has 0 bridgehead atoms. The first-order valence-corrected chi connectivity index (χ1v) is 1.85. The standard InChI is InChI=1S/C5H5N.Na/c1-2-4-6-5-3-1;/h1-5H;. The quantitative estimate of drug-likeness (QED) is 0.439. The number of rotatable bonds is 0. The molecule has 0 saturated carbocycles. The van der Waals surface area contributed by atoms with E-state index in [1.807, 2.05) is 18.2 Å². The third kappa shape index (κ3) is 2.80. The van der Waals surface area contributed by atoms with E-state index in [0.717, 1.165) is 0 Å². The predicted molar refractivity (Wildman–Crippen MR) is 30.0 cm³/mol. The maximum atomic E-state index is 3.78. The van der Waals surface area contributed by atoms with Gasteiger partial charge in [0, 0.05) is 42.0 Å². The summed E-state index contributed by atoms with van der Waals surface area (Å²) in [5.41, 5.74) is 0. The Hall–Kier alpha value is 0.150. The van der Waals surface area contributed by atoms with Gasteiger partial charge in [-0.1, -0.05) is 6.07 Å². The van der Waals surface area contributed by atoms with E-state index in [9.17, 15) is 0 Å². The van der Waals surface area contributed by atoms with Gasteiger partial charge in [0.15, 0.2) is 0 Å². The summed E-state index contributed by atoms with van der Waals surface area (Å²) in [6, 6.07) is 5.72. The van der Waals surface area contributed by atoms with Crippen molar-refractivity contribution in [1.29, 1.82) is 0 Å². The number of hydrogen-bond donors (Lipinski definition) is 0. The van der Waals surface area contributed by atoms with Crippen LogP contribution in [0, 0.1) is 0 Å². The van der Waals surface area contributed by atoms with Crippen molar-refractivity contribution in [1.82, 2.24) is 4.98 Å². The van der Waals surface area contributed by atoms with Crippen LogP contribution in [-0.2, 0) is 0 Å². The minimum Gasteiger partial charge on any atom is -0.265 e. The molecule has 0 spiro atoms. The van der Waals surface area contributed by atoms with Crippen LogP contribution in [0.2, 0.25) is 0 Å². The zero-order valence-electron chi connectivity index (χ0n) is 4.33. The van der Waals surface area contributed by atoms with Gasteiger partial charge in [0.1, 0.15) is 0 Å². The number of pyridine rings is 1. The number of nitrogens with zero attached hydrogens (tertiary/aromatic N) is 1. The van der Waals surface area contributed by atoms with Gasteiger partial charge in [-0.2, -0.15) is 0 Å². The first-order chi connectivity index (χ1) is 3.00. The summed E-state index contributed by atoms with van der Waals surface area (Å²) in [6.45, 7) is 0. The van der Waals surface area contributed by atoms with Gasteiger partial charge in [-0.05, 0) is 12.1 Å². The van der Waals surface area contributed by atoms with Crippen molar-refractivity contribution in [3.8, 4) is 0 Å². The Balaban J connectivity index is 0.000000360. The van der Waals surface area contributed by atoms with Crippen molar-refractivity contribution in [2.45, 2.75) is 0 Å². The second-order valence-electron chi connectivity index (χ2n) is 1.02. The molecule has 31 valence electrons. The van der Waals surface area contributed by atoms with Crippen LogP contribution in [-0.4, -0.2) is 34.5 Å². The van der Waals surface area contributed by atoms with Gasteiger partial charge in [-0.3, -0.25) is 4.98 Å². The molecule has 0 N–H and O–H groups in total. The smallest absolute Gasteiger partial charge is 0.0267 e. The van der Waals surface area contributed by atoms with Crippen LogP contribution < -0.4 is 0 Å². The molecule has 0 unspecified atom stereocenters. The molecule has 7 heavy (non-hydrogen) atoms. The van der Waals surface area contributed by atoms with Crippen molar-refractivity contribution >= 4 is 29.6 Å². The van der Waals surface area contributed by atoms with E-state index in [-0.39, 0.29) is 29.6 Å². The molecule has 1 aromatic heterocycles. The second-order valence-corrected chi connectivity index (χ2v) is 1.02. The average Bonchev–Trinajstić information content (AvgIpc) is 1.72. The van der Waals surface area contributed by atoms with E-state index < -0.39 is 0 Å². The van der Waals surface area contributed by atoms with Crippen LogP contribution in [0.1, 0.15) is 0 Å². The van der Waals surface area contributed by atoms with E-state index in [0.29, 0.717) is 0 Å². The SMILES string of the molecule is [Na].c1ccncc1. The Bertz CT molecular complexity index is 80.0. The molecule has 0 aliphatic carbocycles. The summed E-state index contributed by atoms with van der Waals surface area (Å²) in [5, 5.41) is 0. The molecule has 0 aliphatic heterocycles. The first kappa shape index (κ1) is 7.15. The fourth-order valence-electron chi connectivity index (χ4n) is 0.313. The van der Waals surface area contributed by atoms with Gasteiger partial charge in [-0.15, -0.1) is 0 Å². The average molecular weight is 102 g/mol. The van der Waals surface area contributed by atoms with Crippen molar-refractivity contribution < 1.29 is 0 Å². The fourth-order valence-corrected chi connectivity index (χ4v) is 0.313. The molecule has 0 amide bonds. The molecular weight excluding hydrogens is 97.1 g/mol. The van der Waals surface area contributed by atoms with Crippen LogP contribution in [0.15, 0.2) is 30.6 Å². The molecule has 0 aliphatic rings. The van der Waals surface area contributed by atoms with Gasteiger partial charge in [-0.25, -0.2) is 0 Å². The molecule has 1 radical (unpaired) electrons. The molecule has 2 heteroatoms. The van der Waals surface area contributed by atoms with Crippen molar-refractivity contribution in [2.24, 2.45) is 0 Å². The summed E-state index contributed by atoms with van der Waals surface area (Å²) in [6.07, 6.45) is 3.50. The third-order valence-corrected chi connectivity index (χ3v) is 0.566. The van der Waals surface area contributed by atoms with E-state index in [1.54, 1.807) is 12.4 Å². The van der Waals surface area contributed by atoms with E-state index in [1.165, 1.54) is 0 Å². The fraction of sp³-hybridized carbons (Fsp3) is 0. The summed E-state index contributed by atoms with van der Waals surface area (Å²) in [5.74, 6) is 0. The predicted octanol–water partition coefficient (Wildman–Crippen LogP) is 0.701. The first-order valence-electron chi connectivity index (χ1n) is 1.85. The number of aromatic nitrogens is 1. The van der Waals surface area contributed by atoms with Crippen LogP contribution in [0.4, 0.5) is 0 Å². The molecule has 0 fully saturated rings. The number of hydrogen-bond acceptors (Lipinski definition) is 1. The Morgan fingerprint density at radius 3 is 1.57 bits per heavy atom. The van der Waals surface area contributed by atoms with Gasteiger partial charge in [0.2, 0.25) is 0 Å². The van der Waals surface area contributed by atoms with Crippen molar-refractivity contribution in [2.75, 3.05) is 0 Å². The van der Waals surface area contributed by atoms with Crippen molar-refractivity contribution in [3.63, 3.8) is 0 Å². The summed E-state index contributed by atoms with van der Waals surface area (Å²) < 4.78 is 0. The van der Waals surface area contributed by atoms with Gasteiger partial charge < -0.3 is 0 Å². The van der Waals surface area contributed by atoms with Crippen molar-refractivity contribution in [3.05, 3.63) is 30.6 Å². The van der Waals surface area contributed by atoms with E-state index in [4.69, 9.17) is 0 Å². The molecule has 1 heterocycles. The maximum Gasteiger partial charge on any atom is 0.0267 e. The van der Waals surface area contributed by atoms with Gasteiger partial charge in [0.25, 0.3) is 0 Å². The minimum atomic E-state index is 0.